The van der Waals surface area contributed by atoms with E-state index in [0.29, 0.717) is 24.0 Å². The van der Waals surface area contributed by atoms with E-state index in [1.54, 1.807) is 6.20 Å². The minimum atomic E-state index is -2.88. The summed E-state index contributed by atoms with van der Waals surface area (Å²) in [5, 5.41) is 16.4. The number of oxazole rings is 1. The van der Waals surface area contributed by atoms with E-state index in [2.05, 4.69) is 25.3 Å². The van der Waals surface area contributed by atoms with Gasteiger partial charge in [0.2, 0.25) is 5.89 Å². The molecular weight excluding hydrogens is 382 g/mol. The molecule has 0 saturated heterocycles. The van der Waals surface area contributed by atoms with Crippen molar-refractivity contribution in [3.05, 3.63) is 47.7 Å². The summed E-state index contributed by atoms with van der Waals surface area (Å²) in [6.45, 7) is 6.24. The minimum Gasteiger partial charge on any atom is -0.443 e. The number of aliphatic hydroxyl groups is 1. The molecule has 3 N–H and O–H groups in total. The Labute approximate surface area is 169 Å². The normalized spacial score (nSPS) is 13.4. The van der Waals surface area contributed by atoms with Gasteiger partial charge in [0.15, 0.2) is 5.96 Å². The monoisotopic (exact) mass is 410 g/mol. The molecule has 2 aromatic rings. The van der Waals surface area contributed by atoms with Crippen molar-refractivity contribution in [1.82, 2.24) is 15.6 Å². The van der Waals surface area contributed by atoms with Crippen LogP contribution in [0.1, 0.15) is 51.0 Å². The summed E-state index contributed by atoms with van der Waals surface area (Å²) < 4.78 is 34.4. The van der Waals surface area contributed by atoms with E-state index in [9.17, 15) is 13.9 Å². The van der Waals surface area contributed by atoms with Gasteiger partial charge in [0, 0.05) is 18.5 Å². The number of nitrogens with zero attached hydrogens (tertiary/aromatic N) is 2. The number of aromatic nitrogens is 1. The van der Waals surface area contributed by atoms with Crippen LogP contribution in [0.2, 0.25) is 0 Å². The summed E-state index contributed by atoms with van der Waals surface area (Å²) >= 11 is 0. The molecule has 1 aromatic carbocycles. The van der Waals surface area contributed by atoms with Crippen molar-refractivity contribution >= 4 is 5.96 Å². The Hall–Kier alpha value is -2.68. The predicted octanol–water partition coefficient (Wildman–Crippen LogP) is 3.36. The lowest BCUT2D eigenvalue weighted by molar-refractivity contribution is -0.0498. The van der Waals surface area contributed by atoms with Gasteiger partial charge in [-0.2, -0.15) is 8.78 Å². The van der Waals surface area contributed by atoms with Gasteiger partial charge in [-0.25, -0.2) is 9.98 Å². The van der Waals surface area contributed by atoms with E-state index < -0.39 is 12.7 Å². The van der Waals surface area contributed by atoms with Crippen LogP contribution in [0, 0.1) is 0 Å². The zero-order chi connectivity index (χ0) is 21.4. The van der Waals surface area contributed by atoms with Crippen LogP contribution in [0.15, 0.2) is 39.9 Å². The lowest BCUT2D eigenvalue weighted by Crippen LogP contribution is -2.39. The molecule has 0 radical (unpaired) electrons. The van der Waals surface area contributed by atoms with Crippen LogP contribution < -0.4 is 15.4 Å². The summed E-state index contributed by atoms with van der Waals surface area (Å²) in [5.41, 5.74) is 0.440. The fraction of sp³-hybridized carbons (Fsp3) is 0.500. The molecule has 160 valence electrons. The molecule has 2 rings (SSSR count). The van der Waals surface area contributed by atoms with Crippen molar-refractivity contribution in [2.75, 3.05) is 13.1 Å². The Morgan fingerprint density at radius 2 is 1.93 bits per heavy atom. The molecule has 1 heterocycles. The molecule has 7 nitrogen and oxygen atoms in total. The molecule has 9 heteroatoms. The third-order valence-corrected chi connectivity index (χ3v) is 3.96. The number of benzene rings is 1. The van der Waals surface area contributed by atoms with Gasteiger partial charge in [0.25, 0.3) is 0 Å². The molecule has 1 atom stereocenters. The minimum absolute atomic E-state index is 0.0411. The van der Waals surface area contributed by atoms with Crippen LogP contribution in [-0.2, 0) is 12.0 Å². The van der Waals surface area contributed by atoms with Crippen LogP contribution in [0.3, 0.4) is 0 Å². The highest BCUT2D eigenvalue weighted by atomic mass is 19.3. The second-order valence-electron chi connectivity index (χ2n) is 7.41. The van der Waals surface area contributed by atoms with Crippen LogP contribution >= 0.6 is 0 Å². The number of ether oxygens (including phenoxy) is 1. The first-order valence-electron chi connectivity index (χ1n) is 9.39. The highest BCUT2D eigenvalue weighted by Gasteiger charge is 2.19. The fourth-order valence-corrected chi connectivity index (χ4v) is 2.40. The topological polar surface area (TPSA) is 91.9 Å². The number of rotatable bonds is 8. The Morgan fingerprint density at radius 3 is 2.48 bits per heavy atom. The van der Waals surface area contributed by atoms with Gasteiger partial charge in [-0.3, -0.25) is 0 Å². The molecule has 0 spiro atoms. The van der Waals surface area contributed by atoms with Gasteiger partial charge < -0.3 is 24.9 Å². The predicted molar refractivity (Wildman–Crippen MR) is 106 cm³/mol. The van der Waals surface area contributed by atoms with Crippen molar-refractivity contribution in [2.24, 2.45) is 4.99 Å². The number of hydrogen-bond donors (Lipinski definition) is 3. The van der Waals surface area contributed by atoms with Crippen LogP contribution in [0.25, 0.3) is 0 Å². The number of nitrogens with one attached hydrogen (secondary N) is 2. The van der Waals surface area contributed by atoms with Crippen LogP contribution in [-0.4, -0.2) is 35.8 Å². The van der Waals surface area contributed by atoms with E-state index in [0.717, 1.165) is 5.76 Å². The maximum absolute atomic E-state index is 12.2. The number of guanidine groups is 1. The van der Waals surface area contributed by atoms with Crippen LogP contribution in [0.4, 0.5) is 8.78 Å². The number of alkyl halides is 2. The third-order valence-electron chi connectivity index (χ3n) is 3.96. The summed E-state index contributed by atoms with van der Waals surface area (Å²) in [7, 11) is 0. The van der Waals surface area contributed by atoms with Gasteiger partial charge in [0.1, 0.15) is 18.1 Å². The van der Waals surface area contributed by atoms with Crippen molar-refractivity contribution in [3.8, 4) is 5.75 Å². The lowest BCUT2D eigenvalue weighted by atomic mass is 9.94. The molecular formula is C20H28F2N4O3. The Kier molecular flexibility index (Phi) is 7.95. The highest BCUT2D eigenvalue weighted by molar-refractivity contribution is 5.79. The molecule has 0 bridgehead atoms. The number of aliphatic hydroxyl groups excluding tert-OH is 1. The largest absolute Gasteiger partial charge is 0.443 e. The highest BCUT2D eigenvalue weighted by Crippen LogP contribution is 2.23. The van der Waals surface area contributed by atoms with Gasteiger partial charge >= 0.3 is 6.61 Å². The first kappa shape index (κ1) is 22.6. The van der Waals surface area contributed by atoms with Gasteiger partial charge in [0.05, 0.1) is 12.3 Å². The second kappa shape index (κ2) is 10.2. The Morgan fingerprint density at radius 1 is 1.24 bits per heavy atom. The van der Waals surface area contributed by atoms with Gasteiger partial charge in [-0.1, -0.05) is 32.9 Å². The smallest absolute Gasteiger partial charge is 0.387 e. The van der Waals surface area contributed by atoms with E-state index >= 15 is 0 Å². The second-order valence-corrected chi connectivity index (χ2v) is 7.41. The summed E-state index contributed by atoms with van der Waals surface area (Å²) in [4.78, 5) is 8.66. The van der Waals surface area contributed by atoms with E-state index in [1.165, 1.54) is 24.3 Å². The maximum Gasteiger partial charge on any atom is 0.387 e. The van der Waals surface area contributed by atoms with Gasteiger partial charge in [-0.05, 0) is 24.6 Å². The molecule has 29 heavy (non-hydrogen) atoms. The van der Waals surface area contributed by atoms with Crippen molar-refractivity contribution < 1.29 is 23.0 Å². The van der Waals surface area contributed by atoms with Gasteiger partial charge in [-0.15, -0.1) is 0 Å². The third kappa shape index (κ3) is 7.34. The molecule has 0 saturated carbocycles. The van der Waals surface area contributed by atoms with Crippen molar-refractivity contribution in [1.29, 1.82) is 0 Å². The van der Waals surface area contributed by atoms with Crippen molar-refractivity contribution in [2.45, 2.75) is 52.4 Å². The summed E-state index contributed by atoms with van der Waals surface area (Å²) in [5.74, 6) is 1.83. The number of hydrogen-bond acceptors (Lipinski definition) is 5. The summed E-state index contributed by atoms with van der Waals surface area (Å²) in [6.07, 6.45) is 0.852. The molecule has 1 aromatic heterocycles. The summed E-state index contributed by atoms with van der Waals surface area (Å²) in [6, 6.07) is 5.85. The Bertz CT molecular complexity index is 786. The standard InChI is InChI=1S/C20H28F2N4O3/c1-5-23-19(26-12-17-24-11-16(29-17)20(2,3)4)25-10-15(27)13-6-8-14(9-7-13)28-18(21)22/h6-9,11,15,18,27H,5,10,12H2,1-4H3,(H2,23,25,26). The quantitative estimate of drug-likeness (QED) is 0.457. The average molecular weight is 410 g/mol. The zero-order valence-corrected chi connectivity index (χ0v) is 17.1. The number of aliphatic imine (C=N–C) groups is 1. The first-order chi connectivity index (χ1) is 13.7. The fourth-order valence-electron chi connectivity index (χ4n) is 2.40. The van der Waals surface area contributed by atoms with Crippen molar-refractivity contribution in [3.63, 3.8) is 0 Å². The first-order valence-corrected chi connectivity index (χ1v) is 9.39. The molecule has 0 aliphatic heterocycles. The molecule has 0 aliphatic carbocycles. The average Bonchev–Trinajstić information content (AvgIpc) is 3.13. The molecule has 1 unspecified atom stereocenters. The SMILES string of the molecule is CCNC(=NCc1ncc(C(C)(C)C)o1)NCC(O)c1ccc(OC(F)F)cc1. The zero-order valence-electron chi connectivity index (χ0n) is 17.1. The van der Waals surface area contributed by atoms with E-state index in [-0.39, 0.29) is 24.3 Å². The van der Waals surface area contributed by atoms with E-state index in [1.807, 2.05) is 27.7 Å². The number of halogens is 2. The lowest BCUT2D eigenvalue weighted by Gasteiger charge is -2.16. The van der Waals surface area contributed by atoms with Crippen LogP contribution in [0.5, 0.6) is 5.75 Å². The maximum atomic E-state index is 12.2. The molecule has 0 fully saturated rings. The molecule has 0 amide bonds. The van der Waals surface area contributed by atoms with E-state index in [4.69, 9.17) is 4.42 Å². The molecule has 0 aliphatic rings. The Balaban J connectivity index is 1.94.